The molecule has 5 nitrogen and oxygen atoms in total. The van der Waals surface area contributed by atoms with Gasteiger partial charge in [0.1, 0.15) is 5.15 Å². The molecule has 0 aliphatic carbocycles. The largest absolute Gasteiger partial charge is 0.370 e. The summed E-state index contributed by atoms with van der Waals surface area (Å²) < 4.78 is 1.91. The number of aromatic nitrogens is 2. The van der Waals surface area contributed by atoms with Crippen molar-refractivity contribution in [1.82, 2.24) is 14.7 Å². The third kappa shape index (κ3) is 4.67. The lowest BCUT2D eigenvalue weighted by Crippen LogP contribution is -2.30. The standard InChI is InChI=1S/C24H26ClN5/c1-19-23(24(25)30(27-19)17-21-6-3-2-4-7-21)18-28-12-5-13-29(15-14-28)22-10-8-20(16-26)9-11-22/h2-4,6-11H,5,12-15,17-18H2,1H3. The van der Waals surface area contributed by atoms with Gasteiger partial charge in [-0.25, -0.2) is 4.68 Å². The lowest BCUT2D eigenvalue weighted by molar-refractivity contribution is 0.285. The monoisotopic (exact) mass is 419 g/mol. The van der Waals surface area contributed by atoms with E-state index in [1.807, 2.05) is 54.1 Å². The Labute approximate surface area is 183 Å². The molecule has 0 radical (unpaired) electrons. The van der Waals surface area contributed by atoms with Crippen LogP contribution in [0.3, 0.4) is 0 Å². The maximum Gasteiger partial charge on any atom is 0.132 e. The van der Waals surface area contributed by atoms with Crippen molar-refractivity contribution in [2.45, 2.75) is 26.4 Å². The van der Waals surface area contributed by atoms with Gasteiger partial charge in [0.2, 0.25) is 0 Å². The van der Waals surface area contributed by atoms with Gasteiger partial charge in [-0.2, -0.15) is 10.4 Å². The Balaban J connectivity index is 1.41. The van der Waals surface area contributed by atoms with Crippen molar-refractivity contribution < 1.29 is 0 Å². The Morgan fingerprint density at radius 3 is 2.47 bits per heavy atom. The lowest BCUT2D eigenvalue weighted by atomic mass is 10.2. The zero-order valence-electron chi connectivity index (χ0n) is 17.3. The second-order valence-electron chi connectivity index (χ2n) is 7.77. The topological polar surface area (TPSA) is 48.1 Å². The molecule has 1 fully saturated rings. The van der Waals surface area contributed by atoms with Gasteiger partial charge in [-0.3, -0.25) is 4.90 Å². The van der Waals surface area contributed by atoms with Gasteiger partial charge in [-0.1, -0.05) is 41.9 Å². The minimum atomic E-state index is 0.687. The van der Waals surface area contributed by atoms with Crippen LogP contribution in [0.2, 0.25) is 5.15 Å². The first-order chi connectivity index (χ1) is 14.6. The smallest absolute Gasteiger partial charge is 0.132 e. The van der Waals surface area contributed by atoms with Crippen LogP contribution in [0.15, 0.2) is 54.6 Å². The van der Waals surface area contributed by atoms with E-state index in [2.05, 4.69) is 28.0 Å². The van der Waals surface area contributed by atoms with E-state index in [0.29, 0.717) is 12.1 Å². The van der Waals surface area contributed by atoms with Crippen LogP contribution >= 0.6 is 11.6 Å². The number of aryl methyl sites for hydroxylation is 1. The molecule has 1 aliphatic rings. The molecule has 0 bridgehead atoms. The first-order valence-corrected chi connectivity index (χ1v) is 10.7. The summed E-state index contributed by atoms with van der Waals surface area (Å²) in [7, 11) is 0. The molecule has 2 aromatic carbocycles. The van der Waals surface area contributed by atoms with Gasteiger partial charge in [0.15, 0.2) is 0 Å². The zero-order valence-corrected chi connectivity index (χ0v) is 18.0. The maximum atomic E-state index is 9.00. The second kappa shape index (κ2) is 9.34. The summed E-state index contributed by atoms with van der Waals surface area (Å²) in [4.78, 5) is 4.86. The SMILES string of the molecule is Cc1nn(Cc2ccccc2)c(Cl)c1CN1CCCN(c2ccc(C#N)cc2)CC1. The average Bonchev–Trinajstić information content (AvgIpc) is 2.93. The number of halogens is 1. The van der Waals surface area contributed by atoms with Crippen LogP contribution in [0.4, 0.5) is 5.69 Å². The fourth-order valence-corrected chi connectivity index (χ4v) is 4.28. The minimum absolute atomic E-state index is 0.687. The van der Waals surface area contributed by atoms with Crippen molar-refractivity contribution in [1.29, 1.82) is 5.26 Å². The fraction of sp³-hybridized carbons (Fsp3) is 0.333. The van der Waals surface area contributed by atoms with Crippen molar-refractivity contribution in [2.24, 2.45) is 0 Å². The van der Waals surface area contributed by atoms with Crippen LogP contribution in [0.1, 0.15) is 28.8 Å². The third-order valence-electron chi connectivity index (χ3n) is 5.69. The van der Waals surface area contributed by atoms with Crippen molar-refractivity contribution in [3.8, 4) is 6.07 Å². The van der Waals surface area contributed by atoms with Gasteiger partial charge in [0.05, 0.1) is 23.9 Å². The van der Waals surface area contributed by atoms with Crippen molar-refractivity contribution >= 4 is 17.3 Å². The molecule has 0 N–H and O–H groups in total. The number of hydrogen-bond acceptors (Lipinski definition) is 4. The predicted octanol–water partition coefficient (Wildman–Crippen LogP) is 4.48. The number of benzene rings is 2. The number of hydrogen-bond donors (Lipinski definition) is 0. The van der Waals surface area contributed by atoms with Gasteiger partial charge in [0.25, 0.3) is 0 Å². The molecule has 2 heterocycles. The van der Waals surface area contributed by atoms with E-state index in [4.69, 9.17) is 22.0 Å². The highest BCUT2D eigenvalue weighted by Crippen LogP contribution is 2.24. The number of rotatable bonds is 5. The first-order valence-electron chi connectivity index (χ1n) is 10.4. The average molecular weight is 420 g/mol. The van der Waals surface area contributed by atoms with Crippen LogP contribution in [-0.4, -0.2) is 40.9 Å². The van der Waals surface area contributed by atoms with Gasteiger partial charge < -0.3 is 4.90 Å². The van der Waals surface area contributed by atoms with E-state index in [1.54, 1.807) is 0 Å². The maximum absolute atomic E-state index is 9.00. The van der Waals surface area contributed by atoms with E-state index >= 15 is 0 Å². The van der Waals surface area contributed by atoms with E-state index in [-0.39, 0.29) is 0 Å². The molecule has 154 valence electrons. The van der Waals surface area contributed by atoms with Gasteiger partial charge in [0, 0.05) is 44.0 Å². The molecule has 4 rings (SSSR count). The summed E-state index contributed by atoms with van der Waals surface area (Å²) in [6, 6.07) is 20.3. The van der Waals surface area contributed by atoms with E-state index in [1.165, 1.54) is 11.3 Å². The Morgan fingerprint density at radius 2 is 1.73 bits per heavy atom. The first kappa shape index (κ1) is 20.5. The molecule has 30 heavy (non-hydrogen) atoms. The van der Waals surface area contributed by atoms with Crippen molar-refractivity contribution in [3.63, 3.8) is 0 Å². The minimum Gasteiger partial charge on any atom is -0.370 e. The number of nitrogens with zero attached hydrogens (tertiary/aromatic N) is 5. The van der Waals surface area contributed by atoms with Gasteiger partial charge in [-0.15, -0.1) is 0 Å². The highest BCUT2D eigenvalue weighted by Gasteiger charge is 2.20. The Bertz CT molecular complexity index is 1020. The summed E-state index contributed by atoms with van der Waals surface area (Å²) in [5.74, 6) is 0. The third-order valence-corrected chi connectivity index (χ3v) is 6.11. The summed E-state index contributed by atoms with van der Waals surface area (Å²) in [5, 5.41) is 14.4. The molecule has 0 atom stereocenters. The van der Waals surface area contributed by atoms with Crippen LogP contribution in [-0.2, 0) is 13.1 Å². The van der Waals surface area contributed by atoms with Crippen LogP contribution in [0.25, 0.3) is 0 Å². The molecular weight excluding hydrogens is 394 g/mol. The fourth-order valence-electron chi connectivity index (χ4n) is 3.99. The lowest BCUT2D eigenvalue weighted by Gasteiger charge is -2.23. The van der Waals surface area contributed by atoms with Crippen LogP contribution < -0.4 is 4.90 Å². The second-order valence-corrected chi connectivity index (χ2v) is 8.13. The Morgan fingerprint density at radius 1 is 0.967 bits per heavy atom. The molecule has 0 unspecified atom stereocenters. The molecular formula is C24H26ClN5. The zero-order chi connectivity index (χ0) is 20.9. The molecule has 0 spiro atoms. The van der Waals surface area contributed by atoms with Crippen LogP contribution in [0, 0.1) is 18.3 Å². The predicted molar refractivity (Wildman–Crippen MR) is 121 cm³/mol. The molecule has 3 aromatic rings. The van der Waals surface area contributed by atoms with E-state index in [0.717, 1.165) is 55.6 Å². The van der Waals surface area contributed by atoms with Crippen molar-refractivity contribution in [3.05, 3.63) is 82.1 Å². The summed E-state index contributed by atoms with van der Waals surface area (Å²) in [5.41, 5.74) is 5.21. The Kier molecular flexibility index (Phi) is 6.37. The molecule has 1 aromatic heterocycles. The summed E-state index contributed by atoms with van der Waals surface area (Å²) >= 11 is 6.73. The summed E-state index contributed by atoms with van der Waals surface area (Å²) in [6.07, 6.45) is 1.09. The molecule has 0 amide bonds. The molecule has 1 saturated heterocycles. The molecule has 1 aliphatic heterocycles. The quantitative estimate of drug-likeness (QED) is 0.611. The van der Waals surface area contributed by atoms with Gasteiger partial charge >= 0.3 is 0 Å². The molecule has 6 heteroatoms. The van der Waals surface area contributed by atoms with Gasteiger partial charge in [-0.05, 0) is 43.2 Å². The number of nitriles is 1. The Hall–Kier alpha value is -2.81. The molecule has 0 saturated carbocycles. The summed E-state index contributed by atoms with van der Waals surface area (Å²) in [6.45, 7) is 7.53. The van der Waals surface area contributed by atoms with E-state index < -0.39 is 0 Å². The number of anilines is 1. The van der Waals surface area contributed by atoms with E-state index in [9.17, 15) is 0 Å². The van der Waals surface area contributed by atoms with Crippen molar-refractivity contribution in [2.75, 3.05) is 31.1 Å². The highest BCUT2D eigenvalue weighted by molar-refractivity contribution is 6.30. The highest BCUT2D eigenvalue weighted by atomic mass is 35.5. The normalized spacial score (nSPS) is 15.0. The van der Waals surface area contributed by atoms with Crippen LogP contribution in [0.5, 0.6) is 0 Å².